The molecule has 0 radical (unpaired) electrons. The molecule has 2 N–H and O–H groups in total. The number of rotatable bonds is 9. The summed E-state index contributed by atoms with van der Waals surface area (Å²) >= 11 is 6.54. The molecule has 0 spiro atoms. The Labute approximate surface area is 154 Å². The molecule has 0 atom stereocenters. The van der Waals surface area contributed by atoms with E-state index < -0.39 is 15.9 Å². The van der Waals surface area contributed by atoms with Crippen LogP contribution >= 0.6 is 22.9 Å². The van der Waals surface area contributed by atoms with Crippen molar-refractivity contribution < 1.29 is 17.9 Å². The van der Waals surface area contributed by atoms with E-state index in [2.05, 4.69) is 20.2 Å². The largest absolute Gasteiger partial charge is 0.382 e. The van der Waals surface area contributed by atoms with Crippen molar-refractivity contribution in [2.75, 3.05) is 25.1 Å². The maximum atomic E-state index is 12.1. The zero-order valence-electron chi connectivity index (χ0n) is 13.4. The van der Waals surface area contributed by atoms with Crippen molar-refractivity contribution in [2.24, 2.45) is 0 Å². The van der Waals surface area contributed by atoms with E-state index >= 15 is 0 Å². The lowest BCUT2D eigenvalue weighted by molar-refractivity contribution is 0.102. The third-order valence-corrected chi connectivity index (χ3v) is 5.84. The number of sulfonamides is 1. The topological polar surface area (TPSA) is 110 Å². The summed E-state index contributed by atoms with van der Waals surface area (Å²) < 4.78 is 31.5. The fourth-order valence-electron chi connectivity index (χ4n) is 1.73. The number of carbonyl (C=O) groups excluding carboxylic acids is 1. The number of ether oxygens (including phenoxy) is 1. The first-order valence-electron chi connectivity index (χ1n) is 7.40. The normalized spacial score (nSPS) is 11.4. The quantitative estimate of drug-likeness (QED) is 0.489. The van der Waals surface area contributed by atoms with E-state index in [4.69, 9.17) is 16.3 Å². The van der Waals surface area contributed by atoms with Crippen LogP contribution in [0.1, 0.15) is 23.7 Å². The van der Waals surface area contributed by atoms with Crippen LogP contribution in [0.5, 0.6) is 0 Å². The molecule has 0 fully saturated rings. The minimum atomic E-state index is -3.76. The molecule has 11 heteroatoms. The molecule has 0 saturated heterocycles. The Morgan fingerprint density at radius 1 is 1.28 bits per heavy atom. The first-order valence-corrected chi connectivity index (χ1v) is 10.1. The van der Waals surface area contributed by atoms with Gasteiger partial charge in [-0.2, -0.15) is 0 Å². The Morgan fingerprint density at radius 2 is 2.00 bits per heavy atom. The number of anilines is 1. The molecule has 0 aliphatic rings. The Bertz CT molecular complexity index is 808. The summed E-state index contributed by atoms with van der Waals surface area (Å²) in [6, 6.07) is 6.27. The van der Waals surface area contributed by atoms with Crippen LogP contribution in [0.3, 0.4) is 0 Å². The van der Waals surface area contributed by atoms with E-state index in [1.807, 2.05) is 6.92 Å². The Balaban J connectivity index is 1.94. The van der Waals surface area contributed by atoms with Gasteiger partial charge in [0.15, 0.2) is 0 Å². The minimum Gasteiger partial charge on any atom is -0.382 e. The molecule has 1 aromatic heterocycles. The van der Waals surface area contributed by atoms with Crippen molar-refractivity contribution in [3.05, 3.63) is 34.9 Å². The third-order valence-electron chi connectivity index (χ3n) is 2.92. The monoisotopic (exact) mass is 404 g/mol. The molecule has 0 aliphatic heterocycles. The lowest BCUT2D eigenvalue weighted by Crippen LogP contribution is -2.25. The molecule has 0 saturated carbocycles. The molecular formula is C14H17ClN4O4S2. The second-order valence-corrected chi connectivity index (χ2v) is 8.14. The van der Waals surface area contributed by atoms with Gasteiger partial charge in [0.05, 0.1) is 0 Å². The standard InChI is InChI=1S/C14H17ClN4O4S2/c1-2-23-9-3-8-16-25(21,22)14-19-18-13(24-14)17-12(20)10-4-6-11(15)7-5-10/h4-7,16H,2-3,8-9H2,1H3,(H,17,18,20). The predicted molar refractivity (Wildman–Crippen MR) is 95.6 cm³/mol. The molecule has 2 rings (SSSR count). The zero-order chi connectivity index (χ0) is 18.3. The Morgan fingerprint density at radius 3 is 2.68 bits per heavy atom. The van der Waals surface area contributed by atoms with E-state index in [1.54, 1.807) is 24.3 Å². The van der Waals surface area contributed by atoms with E-state index in [1.165, 1.54) is 0 Å². The van der Waals surface area contributed by atoms with Gasteiger partial charge in [-0.15, -0.1) is 10.2 Å². The van der Waals surface area contributed by atoms with E-state index in [9.17, 15) is 13.2 Å². The van der Waals surface area contributed by atoms with Gasteiger partial charge in [-0.05, 0) is 37.6 Å². The van der Waals surface area contributed by atoms with Crippen LogP contribution < -0.4 is 10.0 Å². The second kappa shape index (κ2) is 9.20. The van der Waals surface area contributed by atoms with E-state index in [-0.39, 0.29) is 16.0 Å². The number of aromatic nitrogens is 2. The van der Waals surface area contributed by atoms with E-state index in [0.717, 1.165) is 11.3 Å². The van der Waals surface area contributed by atoms with Gasteiger partial charge in [-0.3, -0.25) is 10.1 Å². The molecule has 1 heterocycles. The first kappa shape index (κ1) is 19.7. The summed E-state index contributed by atoms with van der Waals surface area (Å²) in [6.45, 7) is 3.15. The molecule has 1 amide bonds. The summed E-state index contributed by atoms with van der Waals surface area (Å²) in [5.74, 6) is -0.429. The fourth-order valence-corrected chi connectivity index (χ4v) is 3.86. The van der Waals surface area contributed by atoms with Crippen LogP contribution in [-0.4, -0.2) is 44.3 Å². The van der Waals surface area contributed by atoms with Gasteiger partial charge in [0, 0.05) is 30.3 Å². The highest BCUT2D eigenvalue weighted by Gasteiger charge is 2.20. The molecule has 0 bridgehead atoms. The lowest BCUT2D eigenvalue weighted by atomic mass is 10.2. The number of carbonyl (C=O) groups is 1. The van der Waals surface area contributed by atoms with Gasteiger partial charge < -0.3 is 4.74 Å². The molecule has 0 aliphatic carbocycles. The van der Waals surface area contributed by atoms with Gasteiger partial charge in [-0.1, -0.05) is 22.9 Å². The van der Waals surface area contributed by atoms with Crippen LogP contribution in [0, 0.1) is 0 Å². The summed E-state index contributed by atoms with van der Waals surface area (Å²) in [4.78, 5) is 12.1. The highest BCUT2D eigenvalue weighted by Crippen LogP contribution is 2.20. The van der Waals surface area contributed by atoms with Gasteiger partial charge in [-0.25, -0.2) is 13.1 Å². The van der Waals surface area contributed by atoms with Crippen molar-refractivity contribution >= 4 is 44.0 Å². The Kier molecular flexibility index (Phi) is 7.26. The SMILES string of the molecule is CCOCCCNS(=O)(=O)c1nnc(NC(=O)c2ccc(Cl)cc2)s1. The number of amides is 1. The minimum absolute atomic E-state index is 0.0923. The lowest BCUT2D eigenvalue weighted by Gasteiger charge is -2.03. The second-order valence-electron chi connectivity index (χ2n) is 4.78. The number of hydrogen-bond donors (Lipinski definition) is 2. The highest BCUT2D eigenvalue weighted by atomic mass is 35.5. The van der Waals surface area contributed by atoms with Gasteiger partial charge >= 0.3 is 0 Å². The zero-order valence-corrected chi connectivity index (χ0v) is 15.7. The summed E-state index contributed by atoms with van der Waals surface area (Å²) in [5, 5.41) is 10.4. The van der Waals surface area contributed by atoms with Crippen LogP contribution in [0.25, 0.3) is 0 Å². The molecule has 136 valence electrons. The molecule has 0 unspecified atom stereocenters. The summed E-state index contributed by atoms with van der Waals surface area (Å²) in [7, 11) is -3.76. The molecule has 25 heavy (non-hydrogen) atoms. The first-order chi connectivity index (χ1) is 11.9. The van der Waals surface area contributed by atoms with E-state index in [0.29, 0.717) is 30.2 Å². The number of halogens is 1. The van der Waals surface area contributed by atoms with Crippen LogP contribution in [-0.2, 0) is 14.8 Å². The van der Waals surface area contributed by atoms with Crippen LogP contribution in [0.4, 0.5) is 5.13 Å². The maximum absolute atomic E-state index is 12.1. The Hall–Kier alpha value is -1.59. The van der Waals surface area contributed by atoms with Crippen molar-refractivity contribution in [3.8, 4) is 0 Å². The third kappa shape index (κ3) is 6.01. The maximum Gasteiger partial charge on any atom is 0.269 e. The number of nitrogens with zero attached hydrogens (tertiary/aromatic N) is 2. The van der Waals surface area contributed by atoms with Crippen molar-refractivity contribution in [2.45, 2.75) is 17.7 Å². The van der Waals surface area contributed by atoms with Gasteiger partial charge in [0.25, 0.3) is 15.9 Å². The fraction of sp³-hybridized carbons (Fsp3) is 0.357. The van der Waals surface area contributed by atoms with Crippen molar-refractivity contribution in [1.29, 1.82) is 0 Å². The molecule has 8 nitrogen and oxygen atoms in total. The summed E-state index contributed by atoms with van der Waals surface area (Å²) in [5.41, 5.74) is 0.373. The number of benzene rings is 1. The molecule has 1 aromatic carbocycles. The highest BCUT2D eigenvalue weighted by molar-refractivity contribution is 7.91. The van der Waals surface area contributed by atoms with Crippen molar-refractivity contribution in [3.63, 3.8) is 0 Å². The van der Waals surface area contributed by atoms with Crippen LogP contribution in [0.2, 0.25) is 5.02 Å². The smallest absolute Gasteiger partial charge is 0.269 e. The molecular weight excluding hydrogens is 388 g/mol. The summed E-state index contributed by atoms with van der Waals surface area (Å²) in [6.07, 6.45) is 0.548. The molecule has 2 aromatic rings. The van der Waals surface area contributed by atoms with Gasteiger partial charge in [0.2, 0.25) is 9.47 Å². The predicted octanol–water partition coefficient (Wildman–Crippen LogP) is 2.15. The van der Waals surface area contributed by atoms with Crippen LogP contribution in [0.15, 0.2) is 28.6 Å². The van der Waals surface area contributed by atoms with Crippen molar-refractivity contribution in [1.82, 2.24) is 14.9 Å². The number of nitrogens with one attached hydrogen (secondary N) is 2. The van der Waals surface area contributed by atoms with Gasteiger partial charge in [0.1, 0.15) is 0 Å². The average molecular weight is 405 g/mol. The number of hydrogen-bond acceptors (Lipinski definition) is 7. The average Bonchev–Trinajstić information content (AvgIpc) is 3.04.